The fourth-order valence-electron chi connectivity index (χ4n) is 1.09. The van der Waals surface area contributed by atoms with Gasteiger partial charge in [-0.25, -0.2) is 0 Å². The van der Waals surface area contributed by atoms with E-state index in [2.05, 4.69) is 4.99 Å². The molecule has 6 N–H and O–H groups in total. The van der Waals surface area contributed by atoms with E-state index in [0.717, 1.165) is 6.42 Å². The van der Waals surface area contributed by atoms with E-state index in [1.54, 1.807) is 0 Å². The van der Waals surface area contributed by atoms with Gasteiger partial charge in [0.15, 0.2) is 11.7 Å². The van der Waals surface area contributed by atoms with Gasteiger partial charge in [0.2, 0.25) is 0 Å². The summed E-state index contributed by atoms with van der Waals surface area (Å²) in [6.07, 6.45) is 1.37. The third-order valence-electron chi connectivity index (χ3n) is 1.90. The number of hydrogen-bond donors (Lipinski definition) is 3. The van der Waals surface area contributed by atoms with Crippen molar-refractivity contribution >= 4 is 11.7 Å². The molecule has 1 atom stereocenters. The molecule has 0 aliphatic heterocycles. The lowest BCUT2D eigenvalue weighted by molar-refractivity contribution is -0.123. The number of carbonyl (C=O) groups excluding carboxylic acids is 1. The van der Waals surface area contributed by atoms with Crippen LogP contribution < -0.4 is 17.2 Å². The number of Topliss-reactive ketones (excluding diaryl/α,β-unsaturated/α-hetero) is 1. The van der Waals surface area contributed by atoms with Crippen LogP contribution in [0.2, 0.25) is 0 Å². The summed E-state index contributed by atoms with van der Waals surface area (Å²) >= 11 is 0. The summed E-state index contributed by atoms with van der Waals surface area (Å²) in [7, 11) is 0. The quantitative estimate of drug-likeness (QED) is 0.308. The largest absolute Gasteiger partial charge is 0.370 e. The van der Waals surface area contributed by atoms with Crippen molar-refractivity contribution in [2.45, 2.75) is 32.7 Å². The number of ketones is 1. The fraction of sp³-hybridized carbons (Fsp3) is 0.778. The molecule has 0 radical (unpaired) electrons. The summed E-state index contributed by atoms with van der Waals surface area (Å²) < 4.78 is 0. The SMILES string of the molecule is CC(C)C(=O)C(N)CCCN=C(N)N. The van der Waals surface area contributed by atoms with Gasteiger partial charge in [-0.05, 0) is 12.8 Å². The minimum Gasteiger partial charge on any atom is -0.370 e. The maximum Gasteiger partial charge on any atom is 0.185 e. The van der Waals surface area contributed by atoms with Crippen LogP contribution in [-0.4, -0.2) is 24.3 Å². The van der Waals surface area contributed by atoms with Crippen LogP contribution in [0.1, 0.15) is 26.7 Å². The fourth-order valence-corrected chi connectivity index (χ4v) is 1.09. The molecule has 0 saturated carbocycles. The Kier molecular flexibility index (Phi) is 5.87. The summed E-state index contributed by atoms with van der Waals surface area (Å²) in [5.74, 6) is 0.163. The van der Waals surface area contributed by atoms with Gasteiger partial charge < -0.3 is 17.2 Å². The van der Waals surface area contributed by atoms with Crippen molar-refractivity contribution in [3.8, 4) is 0 Å². The Labute approximate surface area is 84.7 Å². The minimum atomic E-state index is -0.385. The zero-order chi connectivity index (χ0) is 11.1. The predicted molar refractivity (Wildman–Crippen MR) is 57.7 cm³/mol. The lowest BCUT2D eigenvalue weighted by atomic mass is 9.99. The van der Waals surface area contributed by atoms with E-state index in [0.29, 0.717) is 13.0 Å². The highest BCUT2D eigenvalue weighted by Gasteiger charge is 2.15. The van der Waals surface area contributed by atoms with Gasteiger partial charge in [-0.1, -0.05) is 13.8 Å². The van der Waals surface area contributed by atoms with Gasteiger partial charge in [-0.15, -0.1) is 0 Å². The molecule has 0 amide bonds. The second-order valence-electron chi connectivity index (χ2n) is 3.61. The number of hydrogen-bond acceptors (Lipinski definition) is 3. The maximum atomic E-state index is 11.4. The van der Waals surface area contributed by atoms with Crippen molar-refractivity contribution < 1.29 is 4.79 Å². The van der Waals surface area contributed by atoms with Gasteiger partial charge in [-0.3, -0.25) is 9.79 Å². The highest BCUT2D eigenvalue weighted by atomic mass is 16.1. The molecule has 0 bridgehead atoms. The summed E-state index contributed by atoms with van der Waals surface area (Å²) in [4.78, 5) is 15.2. The summed E-state index contributed by atoms with van der Waals surface area (Å²) in [5.41, 5.74) is 16.0. The van der Waals surface area contributed by atoms with Crippen LogP contribution in [0.5, 0.6) is 0 Å². The predicted octanol–water partition coefficient (Wildman–Crippen LogP) is -0.408. The van der Waals surface area contributed by atoms with E-state index in [-0.39, 0.29) is 23.7 Å². The lowest BCUT2D eigenvalue weighted by Crippen LogP contribution is -2.33. The van der Waals surface area contributed by atoms with Gasteiger partial charge in [-0.2, -0.15) is 0 Å². The van der Waals surface area contributed by atoms with Crippen molar-refractivity contribution in [3.63, 3.8) is 0 Å². The summed E-state index contributed by atoms with van der Waals surface area (Å²) in [6.45, 7) is 4.22. The zero-order valence-electron chi connectivity index (χ0n) is 8.86. The van der Waals surface area contributed by atoms with E-state index in [1.807, 2.05) is 13.8 Å². The second-order valence-corrected chi connectivity index (χ2v) is 3.61. The van der Waals surface area contributed by atoms with Gasteiger partial charge >= 0.3 is 0 Å². The molecule has 0 aliphatic rings. The minimum absolute atomic E-state index is 0.00641. The van der Waals surface area contributed by atoms with Gasteiger partial charge in [0.05, 0.1) is 6.04 Å². The average Bonchev–Trinajstić information content (AvgIpc) is 2.10. The van der Waals surface area contributed by atoms with Crippen molar-refractivity contribution in [2.75, 3.05) is 6.54 Å². The maximum absolute atomic E-state index is 11.4. The van der Waals surface area contributed by atoms with Gasteiger partial charge in [0, 0.05) is 12.5 Å². The first-order chi connectivity index (χ1) is 6.45. The van der Waals surface area contributed by atoms with Crippen LogP contribution in [-0.2, 0) is 4.79 Å². The van der Waals surface area contributed by atoms with Crippen LogP contribution in [0.4, 0.5) is 0 Å². The average molecular weight is 200 g/mol. The number of rotatable bonds is 6. The molecule has 0 spiro atoms. The number of nitrogens with zero attached hydrogens (tertiary/aromatic N) is 1. The first-order valence-corrected chi connectivity index (χ1v) is 4.79. The Morgan fingerprint density at radius 1 is 1.36 bits per heavy atom. The molecule has 0 aromatic heterocycles. The van der Waals surface area contributed by atoms with Crippen LogP contribution >= 0.6 is 0 Å². The molecule has 0 heterocycles. The van der Waals surface area contributed by atoms with E-state index in [1.165, 1.54) is 0 Å². The molecular weight excluding hydrogens is 180 g/mol. The molecule has 5 heteroatoms. The first kappa shape index (κ1) is 12.9. The van der Waals surface area contributed by atoms with Crippen LogP contribution in [0.15, 0.2) is 4.99 Å². The Balaban J connectivity index is 3.69. The number of guanidine groups is 1. The van der Waals surface area contributed by atoms with E-state index >= 15 is 0 Å². The molecule has 82 valence electrons. The molecule has 1 unspecified atom stereocenters. The number of carbonyl (C=O) groups is 1. The highest BCUT2D eigenvalue weighted by Crippen LogP contribution is 2.03. The monoisotopic (exact) mass is 200 g/mol. The molecule has 0 saturated heterocycles. The molecule has 0 aliphatic carbocycles. The Bertz CT molecular complexity index is 209. The van der Waals surface area contributed by atoms with Crippen molar-refractivity contribution in [1.82, 2.24) is 0 Å². The molecule has 0 aromatic carbocycles. The normalized spacial score (nSPS) is 12.6. The smallest absolute Gasteiger partial charge is 0.185 e. The Hall–Kier alpha value is -1.10. The molecule has 0 aromatic rings. The Morgan fingerprint density at radius 2 is 1.93 bits per heavy atom. The van der Waals surface area contributed by atoms with Crippen molar-refractivity contribution in [2.24, 2.45) is 28.1 Å². The lowest BCUT2D eigenvalue weighted by Gasteiger charge is -2.11. The molecule has 0 fully saturated rings. The van der Waals surface area contributed by atoms with Crippen molar-refractivity contribution in [3.05, 3.63) is 0 Å². The first-order valence-electron chi connectivity index (χ1n) is 4.79. The molecule has 14 heavy (non-hydrogen) atoms. The van der Waals surface area contributed by atoms with Gasteiger partial charge in [0.25, 0.3) is 0 Å². The summed E-state index contributed by atoms with van der Waals surface area (Å²) in [6, 6.07) is -0.385. The Morgan fingerprint density at radius 3 is 2.36 bits per heavy atom. The number of nitrogens with two attached hydrogens (primary N) is 3. The van der Waals surface area contributed by atoms with E-state index < -0.39 is 0 Å². The van der Waals surface area contributed by atoms with Crippen LogP contribution in [0.3, 0.4) is 0 Å². The number of aliphatic imine (C=N–C) groups is 1. The standard InChI is InChI=1S/C9H20N4O/c1-6(2)8(14)7(10)4-3-5-13-9(11)12/h6-7H,3-5,10H2,1-2H3,(H4,11,12,13). The molecule has 5 nitrogen and oxygen atoms in total. The van der Waals surface area contributed by atoms with Crippen molar-refractivity contribution in [1.29, 1.82) is 0 Å². The van der Waals surface area contributed by atoms with Gasteiger partial charge in [0.1, 0.15) is 0 Å². The van der Waals surface area contributed by atoms with Crippen LogP contribution in [0, 0.1) is 5.92 Å². The zero-order valence-corrected chi connectivity index (χ0v) is 8.86. The second kappa shape index (κ2) is 6.37. The topological polar surface area (TPSA) is 107 Å². The summed E-state index contributed by atoms with van der Waals surface area (Å²) in [5, 5.41) is 0. The van der Waals surface area contributed by atoms with E-state index in [9.17, 15) is 4.79 Å². The van der Waals surface area contributed by atoms with E-state index in [4.69, 9.17) is 17.2 Å². The molecular formula is C9H20N4O. The highest BCUT2D eigenvalue weighted by molar-refractivity contribution is 5.85. The van der Waals surface area contributed by atoms with Crippen LogP contribution in [0.25, 0.3) is 0 Å². The third-order valence-corrected chi connectivity index (χ3v) is 1.90. The third kappa shape index (κ3) is 5.53. The molecule has 0 rings (SSSR count).